The normalized spacial score (nSPS) is 12.4. The Morgan fingerprint density at radius 3 is 2.50 bits per heavy atom. The molecule has 0 aliphatic heterocycles. The Hall–Kier alpha value is -2.91. The minimum absolute atomic E-state index is 0.0344. The second-order valence-electron chi connectivity index (χ2n) is 7.77. The average molecular weight is 445 g/mol. The summed E-state index contributed by atoms with van der Waals surface area (Å²) >= 11 is 0. The summed E-state index contributed by atoms with van der Waals surface area (Å²) < 4.78 is 15.1. The number of unbranched alkanes of at least 4 members (excludes halogenated alkanes) is 1. The van der Waals surface area contributed by atoms with Crippen molar-refractivity contribution in [2.75, 3.05) is 20.3 Å². The minimum Gasteiger partial charge on any atom is -0.491 e. The van der Waals surface area contributed by atoms with E-state index in [1.54, 1.807) is 18.0 Å². The summed E-state index contributed by atoms with van der Waals surface area (Å²) in [6.07, 6.45) is 3.12. The molecule has 9 nitrogen and oxygen atoms in total. The third-order valence-corrected chi connectivity index (χ3v) is 5.42. The summed E-state index contributed by atoms with van der Waals surface area (Å²) in [5.74, 6) is 0.627. The van der Waals surface area contributed by atoms with Crippen LogP contribution in [0.5, 0.6) is 5.75 Å². The number of aromatic nitrogens is 4. The number of hydrogen-bond donors (Lipinski definition) is 1. The molecule has 0 amide bonds. The lowest BCUT2D eigenvalue weighted by molar-refractivity contribution is 0.0901. The monoisotopic (exact) mass is 444 g/mol. The molecule has 0 bridgehead atoms. The molecule has 1 unspecified atom stereocenters. The quantitative estimate of drug-likeness (QED) is 0.457. The predicted octanol–water partition coefficient (Wildman–Crippen LogP) is 1.81. The fraction of sp³-hybridized carbons (Fsp3) is 0.522. The molecule has 32 heavy (non-hydrogen) atoms. The third-order valence-electron chi connectivity index (χ3n) is 5.42. The van der Waals surface area contributed by atoms with Crippen LogP contribution in [0, 0.1) is 0 Å². The number of methoxy groups -OCH3 is 1. The Morgan fingerprint density at radius 2 is 1.84 bits per heavy atom. The molecular weight excluding hydrogens is 412 g/mol. The number of benzene rings is 1. The van der Waals surface area contributed by atoms with Crippen LogP contribution in [0.25, 0.3) is 11.2 Å². The maximum atomic E-state index is 13.2. The molecule has 174 valence electrons. The van der Waals surface area contributed by atoms with E-state index in [0.717, 1.165) is 23.8 Å². The number of imidazole rings is 1. The average Bonchev–Trinajstić information content (AvgIpc) is 3.23. The molecule has 0 aliphatic carbocycles. The van der Waals surface area contributed by atoms with Crippen LogP contribution >= 0.6 is 0 Å². The van der Waals surface area contributed by atoms with E-state index in [9.17, 15) is 14.7 Å². The zero-order valence-corrected chi connectivity index (χ0v) is 19.0. The number of rotatable bonds is 12. The maximum absolute atomic E-state index is 13.2. The lowest BCUT2D eigenvalue weighted by atomic mass is 10.2. The van der Waals surface area contributed by atoms with Crippen molar-refractivity contribution < 1.29 is 14.6 Å². The Labute approximate surface area is 186 Å². The van der Waals surface area contributed by atoms with E-state index in [1.807, 2.05) is 31.2 Å². The third kappa shape index (κ3) is 5.28. The molecule has 0 spiro atoms. The molecular formula is C23H32N4O5. The molecule has 0 aliphatic rings. The van der Waals surface area contributed by atoms with Gasteiger partial charge in [-0.2, -0.15) is 0 Å². The molecule has 1 aromatic carbocycles. The minimum atomic E-state index is -1.03. The number of hydrogen-bond acceptors (Lipinski definition) is 6. The summed E-state index contributed by atoms with van der Waals surface area (Å²) in [5.41, 5.74) is 0.941. The lowest BCUT2D eigenvalue weighted by Crippen LogP contribution is -2.44. The number of ether oxygens (including phenoxy) is 2. The van der Waals surface area contributed by atoms with E-state index in [-0.39, 0.29) is 13.2 Å². The van der Waals surface area contributed by atoms with Gasteiger partial charge < -0.3 is 19.1 Å². The number of nitrogens with zero attached hydrogens (tertiary/aromatic N) is 4. The van der Waals surface area contributed by atoms with Gasteiger partial charge in [0.2, 0.25) is 0 Å². The first-order valence-electron chi connectivity index (χ1n) is 11.1. The fourth-order valence-electron chi connectivity index (χ4n) is 3.55. The zero-order chi connectivity index (χ0) is 23.1. The molecule has 1 atom stereocenters. The van der Waals surface area contributed by atoms with E-state index in [2.05, 4.69) is 11.9 Å². The van der Waals surface area contributed by atoms with Gasteiger partial charge in [0.1, 0.15) is 18.5 Å². The van der Waals surface area contributed by atoms with Crippen molar-refractivity contribution in [1.29, 1.82) is 0 Å². The second kappa shape index (κ2) is 11.1. The summed E-state index contributed by atoms with van der Waals surface area (Å²) in [7, 11) is 1.58. The van der Waals surface area contributed by atoms with Gasteiger partial charge in [0.25, 0.3) is 5.56 Å². The van der Waals surface area contributed by atoms with E-state index in [0.29, 0.717) is 36.6 Å². The van der Waals surface area contributed by atoms with E-state index in [1.165, 1.54) is 10.1 Å². The predicted molar refractivity (Wildman–Crippen MR) is 122 cm³/mol. The van der Waals surface area contributed by atoms with Gasteiger partial charge in [-0.05, 0) is 30.5 Å². The lowest BCUT2D eigenvalue weighted by Gasteiger charge is -2.16. The van der Waals surface area contributed by atoms with Gasteiger partial charge in [-0.15, -0.1) is 0 Å². The van der Waals surface area contributed by atoms with E-state index < -0.39 is 17.4 Å². The van der Waals surface area contributed by atoms with E-state index in [4.69, 9.17) is 9.47 Å². The van der Waals surface area contributed by atoms with Crippen molar-refractivity contribution in [2.45, 2.75) is 58.8 Å². The molecule has 0 saturated heterocycles. The topological polar surface area (TPSA) is 101 Å². The van der Waals surface area contributed by atoms with Gasteiger partial charge in [0, 0.05) is 20.2 Å². The van der Waals surface area contributed by atoms with E-state index >= 15 is 0 Å². The van der Waals surface area contributed by atoms with Crippen LogP contribution in [0.15, 0.2) is 40.2 Å². The molecule has 2 aromatic heterocycles. The summed E-state index contributed by atoms with van der Waals surface area (Å²) in [6.45, 7) is 5.20. The Kier molecular flexibility index (Phi) is 8.24. The van der Waals surface area contributed by atoms with Crippen molar-refractivity contribution >= 4 is 11.2 Å². The standard InChI is InChI=1S/C23H32N4O5/c1-4-6-11-26-21-20(25(16-24-21)12-13-31-3)22(29)27(23(26)30)14-18(28)15-32-19-9-7-17(5-2)8-10-19/h7-10,16,18,28H,4-6,11-15H2,1-3H3. The van der Waals surface area contributed by atoms with Gasteiger partial charge in [-0.25, -0.2) is 9.78 Å². The maximum Gasteiger partial charge on any atom is 0.332 e. The van der Waals surface area contributed by atoms with Crippen molar-refractivity contribution in [1.82, 2.24) is 18.7 Å². The van der Waals surface area contributed by atoms with Crippen molar-refractivity contribution in [3.8, 4) is 5.75 Å². The van der Waals surface area contributed by atoms with Crippen LogP contribution in [-0.2, 0) is 30.8 Å². The van der Waals surface area contributed by atoms with Gasteiger partial charge in [-0.3, -0.25) is 13.9 Å². The first-order chi connectivity index (χ1) is 15.5. The Bertz CT molecular complexity index is 1130. The first-order valence-corrected chi connectivity index (χ1v) is 11.1. The van der Waals surface area contributed by atoms with Crippen molar-refractivity contribution in [3.63, 3.8) is 0 Å². The van der Waals surface area contributed by atoms with Crippen LogP contribution < -0.4 is 16.0 Å². The highest BCUT2D eigenvalue weighted by Gasteiger charge is 2.20. The SMILES string of the molecule is CCCCn1c(=O)n(CC(O)COc2ccc(CC)cc2)c(=O)c2c1ncn2CCOC. The van der Waals surface area contributed by atoms with Crippen LogP contribution in [0.3, 0.4) is 0 Å². The molecule has 2 heterocycles. The smallest absolute Gasteiger partial charge is 0.332 e. The molecule has 9 heteroatoms. The molecule has 1 N–H and O–H groups in total. The number of fused-ring (bicyclic) bond motifs is 1. The molecule has 3 aromatic rings. The Balaban J connectivity index is 1.88. The van der Waals surface area contributed by atoms with Crippen molar-refractivity contribution in [2.24, 2.45) is 0 Å². The van der Waals surface area contributed by atoms with Gasteiger partial charge in [-0.1, -0.05) is 32.4 Å². The summed E-state index contributed by atoms with van der Waals surface area (Å²) in [5, 5.41) is 10.5. The summed E-state index contributed by atoms with van der Waals surface area (Å²) in [6, 6.07) is 7.62. The molecule has 0 saturated carbocycles. The largest absolute Gasteiger partial charge is 0.491 e. The Morgan fingerprint density at radius 1 is 1.09 bits per heavy atom. The molecule has 0 radical (unpaired) electrons. The summed E-state index contributed by atoms with van der Waals surface area (Å²) in [4.78, 5) is 30.6. The van der Waals surface area contributed by atoms with Crippen LogP contribution in [0.1, 0.15) is 32.3 Å². The highest BCUT2D eigenvalue weighted by molar-refractivity contribution is 5.70. The number of aryl methyl sites for hydroxylation is 2. The van der Waals surface area contributed by atoms with Crippen LogP contribution in [-0.4, -0.2) is 50.2 Å². The second-order valence-corrected chi connectivity index (χ2v) is 7.77. The number of aliphatic hydroxyl groups is 1. The highest BCUT2D eigenvalue weighted by atomic mass is 16.5. The van der Waals surface area contributed by atoms with Gasteiger partial charge in [0.05, 0.1) is 19.5 Å². The van der Waals surface area contributed by atoms with Gasteiger partial charge in [0.15, 0.2) is 11.2 Å². The number of aliphatic hydroxyl groups excluding tert-OH is 1. The van der Waals surface area contributed by atoms with Gasteiger partial charge >= 0.3 is 5.69 Å². The molecule has 0 fully saturated rings. The molecule has 3 rings (SSSR count). The van der Waals surface area contributed by atoms with Crippen LogP contribution in [0.2, 0.25) is 0 Å². The highest BCUT2D eigenvalue weighted by Crippen LogP contribution is 2.13. The fourth-order valence-corrected chi connectivity index (χ4v) is 3.55. The zero-order valence-electron chi connectivity index (χ0n) is 19.0. The van der Waals surface area contributed by atoms with Crippen molar-refractivity contribution in [3.05, 3.63) is 57.0 Å². The first kappa shape index (κ1) is 23.7. The van der Waals surface area contributed by atoms with Crippen LogP contribution in [0.4, 0.5) is 0 Å².